The Balaban J connectivity index is 2.22. The zero-order valence-corrected chi connectivity index (χ0v) is 11.3. The van der Waals surface area contributed by atoms with Crippen molar-refractivity contribution in [2.75, 3.05) is 12.8 Å². The highest BCUT2D eigenvalue weighted by atomic mass is 19.1. The fourth-order valence-corrected chi connectivity index (χ4v) is 2.23. The Morgan fingerprint density at radius 2 is 2.10 bits per heavy atom. The van der Waals surface area contributed by atoms with Crippen LogP contribution in [0.1, 0.15) is 0 Å². The molecule has 0 fully saturated rings. The van der Waals surface area contributed by atoms with Crippen molar-refractivity contribution >= 4 is 5.82 Å². The zero-order valence-electron chi connectivity index (χ0n) is 11.3. The average molecular weight is 284 g/mol. The van der Waals surface area contributed by atoms with Gasteiger partial charge in [0.15, 0.2) is 5.82 Å². The highest BCUT2D eigenvalue weighted by Crippen LogP contribution is 2.37. The standard InChI is InChI=1S/C15H13FN4O/c1-21-15-11(6-3-7-18-15)13-12(14(17)20-19-13)9-4-2-5-10(16)8-9/h2-8H,1H3,(H3,17,19,20). The number of rotatable bonds is 3. The van der Waals surface area contributed by atoms with E-state index in [0.717, 1.165) is 0 Å². The minimum atomic E-state index is -0.336. The molecule has 2 heterocycles. The van der Waals surface area contributed by atoms with E-state index in [9.17, 15) is 4.39 Å². The van der Waals surface area contributed by atoms with Crippen LogP contribution in [0, 0.1) is 5.82 Å². The van der Waals surface area contributed by atoms with Gasteiger partial charge in [0.1, 0.15) is 5.82 Å². The molecule has 0 aliphatic rings. The number of ether oxygens (including phenoxy) is 1. The lowest BCUT2D eigenvalue weighted by Gasteiger charge is -2.08. The van der Waals surface area contributed by atoms with Gasteiger partial charge in [-0.25, -0.2) is 9.37 Å². The van der Waals surface area contributed by atoms with Crippen LogP contribution in [-0.2, 0) is 0 Å². The topological polar surface area (TPSA) is 76.8 Å². The molecule has 0 aliphatic carbocycles. The minimum absolute atomic E-state index is 0.293. The van der Waals surface area contributed by atoms with E-state index >= 15 is 0 Å². The number of nitrogens with zero attached hydrogens (tertiary/aromatic N) is 2. The average Bonchev–Trinajstić information content (AvgIpc) is 2.88. The number of nitrogens with two attached hydrogens (primary N) is 1. The second-order valence-electron chi connectivity index (χ2n) is 4.43. The van der Waals surface area contributed by atoms with Gasteiger partial charge in [0.2, 0.25) is 5.88 Å². The van der Waals surface area contributed by atoms with Crippen molar-refractivity contribution in [2.24, 2.45) is 0 Å². The molecule has 0 saturated carbocycles. The summed E-state index contributed by atoms with van der Waals surface area (Å²) in [5, 5.41) is 6.89. The summed E-state index contributed by atoms with van der Waals surface area (Å²) in [6, 6.07) is 9.81. The molecule has 2 aromatic heterocycles. The maximum Gasteiger partial charge on any atom is 0.222 e. The van der Waals surface area contributed by atoms with Crippen molar-refractivity contribution in [1.29, 1.82) is 0 Å². The molecule has 3 N–H and O–H groups in total. The summed E-state index contributed by atoms with van der Waals surface area (Å²) >= 11 is 0. The van der Waals surface area contributed by atoms with Gasteiger partial charge in [-0.15, -0.1) is 0 Å². The van der Waals surface area contributed by atoms with E-state index in [-0.39, 0.29) is 5.82 Å². The van der Waals surface area contributed by atoms with Crippen molar-refractivity contribution < 1.29 is 9.13 Å². The molecule has 0 amide bonds. The predicted octanol–water partition coefficient (Wildman–Crippen LogP) is 2.87. The maximum absolute atomic E-state index is 13.5. The van der Waals surface area contributed by atoms with Crippen LogP contribution in [0.4, 0.5) is 10.2 Å². The number of nitrogens with one attached hydrogen (secondary N) is 1. The fourth-order valence-electron chi connectivity index (χ4n) is 2.23. The number of hydrogen-bond acceptors (Lipinski definition) is 4. The van der Waals surface area contributed by atoms with Gasteiger partial charge in [0, 0.05) is 6.20 Å². The number of halogens is 1. The summed E-state index contributed by atoms with van der Waals surface area (Å²) in [6.07, 6.45) is 1.63. The number of anilines is 1. The molecular weight excluding hydrogens is 271 g/mol. The zero-order chi connectivity index (χ0) is 14.8. The first-order chi connectivity index (χ1) is 10.2. The summed E-state index contributed by atoms with van der Waals surface area (Å²) < 4.78 is 18.7. The lowest BCUT2D eigenvalue weighted by atomic mass is 10.0. The summed E-state index contributed by atoms with van der Waals surface area (Å²) in [4.78, 5) is 4.15. The van der Waals surface area contributed by atoms with Crippen LogP contribution in [-0.4, -0.2) is 22.3 Å². The minimum Gasteiger partial charge on any atom is -0.481 e. The smallest absolute Gasteiger partial charge is 0.222 e. The number of H-pyrrole nitrogens is 1. The van der Waals surface area contributed by atoms with Crippen LogP contribution in [0.5, 0.6) is 5.88 Å². The number of hydrogen-bond donors (Lipinski definition) is 2. The third kappa shape index (κ3) is 2.31. The van der Waals surface area contributed by atoms with Crippen LogP contribution in [0.15, 0.2) is 42.6 Å². The molecule has 106 valence electrons. The van der Waals surface area contributed by atoms with E-state index < -0.39 is 0 Å². The molecule has 5 nitrogen and oxygen atoms in total. The Bertz CT molecular complexity index is 785. The molecule has 6 heteroatoms. The molecule has 0 aliphatic heterocycles. The Morgan fingerprint density at radius 1 is 1.24 bits per heavy atom. The van der Waals surface area contributed by atoms with Crippen molar-refractivity contribution in [3.8, 4) is 28.3 Å². The molecular formula is C15H13FN4O. The van der Waals surface area contributed by atoms with Crippen LogP contribution >= 0.6 is 0 Å². The number of nitrogen functional groups attached to an aromatic ring is 1. The maximum atomic E-state index is 13.5. The van der Waals surface area contributed by atoms with Gasteiger partial charge in [0.05, 0.1) is 23.9 Å². The van der Waals surface area contributed by atoms with Crippen LogP contribution < -0.4 is 10.5 Å². The largest absolute Gasteiger partial charge is 0.481 e. The SMILES string of the molecule is COc1ncccc1-c1[nH]nc(N)c1-c1cccc(F)c1. The Kier molecular flexibility index (Phi) is 3.27. The molecule has 0 unspecified atom stereocenters. The molecule has 3 rings (SSSR count). The molecule has 0 radical (unpaired) electrons. The van der Waals surface area contributed by atoms with E-state index in [0.29, 0.717) is 34.1 Å². The number of pyridine rings is 1. The van der Waals surface area contributed by atoms with Gasteiger partial charge in [-0.05, 0) is 29.8 Å². The normalized spacial score (nSPS) is 10.6. The summed E-state index contributed by atoms with van der Waals surface area (Å²) in [5.41, 5.74) is 8.55. The van der Waals surface area contributed by atoms with E-state index in [2.05, 4.69) is 15.2 Å². The summed E-state index contributed by atoms with van der Waals surface area (Å²) in [7, 11) is 1.54. The third-order valence-corrected chi connectivity index (χ3v) is 3.14. The highest BCUT2D eigenvalue weighted by Gasteiger charge is 2.18. The number of aromatic nitrogens is 3. The second kappa shape index (κ2) is 5.24. The van der Waals surface area contributed by atoms with Crippen molar-refractivity contribution in [3.63, 3.8) is 0 Å². The van der Waals surface area contributed by atoms with Gasteiger partial charge in [-0.1, -0.05) is 12.1 Å². The molecule has 0 atom stereocenters. The molecule has 0 bridgehead atoms. The number of aromatic amines is 1. The third-order valence-electron chi connectivity index (χ3n) is 3.14. The van der Waals surface area contributed by atoms with Gasteiger partial charge >= 0.3 is 0 Å². The second-order valence-corrected chi connectivity index (χ2v) is 4.43. The van der Waals surface area contributed by atoms with Crippen LogP contribution in [0.2, 0.25) is 0 Å². The first kappa shape index (κ1) is 13.1. The van der Waals surface area contributed by atoms with E-state index in [1.54, 1.807) is 24.4 Å². The highest BCUT2D eigenvalue weighted by molar-refractivity contribution is 5.89. The fraction of sp³-hybridized carbons (Fsp3) is 0.0667. The van der Waals surface area contributed by atoms with Gasteiger partial charge < -0.3 is 10.5 Å². The van der Waals surface area contributed by atoms with E-state index in [1.807, 2.05) is 6.07 Å². The van der Waals surface area contributed by atoms with Crippen molar-refractivity contribution in [1.82, 2.24) is 15.2 Å². The predicted molar refractivity (Wildman–Crippen MR) is 78.2 cm³/mol. The first-order valence-corrected chi connectivity index (χ1v) is 6.30. The molecule has 3 aromatic rings. The van der Waals surface area contributed by atoms with E-state index in [4.69, 9.17) is 10.5 Å². The van der Waals surface area contributed by atoms with Crippen LogP contribution in [0.25, 0.3) is 22.4 Å². The Morgan fingerprint density at radius 3 is 2.86 bits per heavy atom. The van der Waals surface area contributed by atoms with Gasteiger partial charge in [-0.3, -0.25) is 5.10 Å². The van der Waals surface area contributed by atoms with Gasteiger partial charge in [0.25, 0.3) is 0 Å². The Hall–Kier alpha value is -2.89. The lowest BCUT2D eigenvalue weighted by molar-refractivity contribution is 0.399. The summed E-state index contributed by atoms with van der Waals surface area (Å²) in [5.74, 6) is 0.400. The van der Waals surface area contributed by atoms with Crippen LogP contribution in [0.3, 0.4) is 0 Å². The lowest BCUT2D eigenvalue weighted by Crippen LogP contribution is -1.93. The first-order valence-electron chi connectivity index (χ1n) is 6.30. The van der Waals surface area contributed by atoms with Crippen molar-refractivity contribution in [2.45, 2.75) is 0 Å². The molecule has 1 aromatic carbocycles. The summed E-state index contributed by atoms with van der Waals surface area (Å²) in [6.45, 7) is 0. The monoisotopic (exact) mass is 284 g/mol. The Labute approximate surface area is 120 Å². The molecule has 21 heavy (non-hydrogen) atoms. The van der Waals surface area contributed by atoms with Crippen molar-refractivity contribution in [3.05, 3.63) is 48.4 Å². The molecule has 0 saturated heterocycles. The number of methoxy groups -OCH3 is 1. The molecule has 0 spiro atoms. The quantitative estimate of drug-likeness (QED) is 0.775. The number of benzene rings is 1. The van der Waals surface area contributed by atoms with Gasteiger partial charge in [-0.2, -0.15) is 5.10 Å². The van der Waals surface area contributed by atoms with E-state index in [1.165, 1.54) is 19.2 Å².